The third-order valence-electron chi connectivity index (χ3n) is 9.13. The SMILES string of the molecule is CN(c1ncc(Cc2ccc(-n3cncn3)c3c2cnn3COCC[Si](C)(C)C)nn1)C1C[C@H]2CCC[C@@H](C1)N2C(=O)OC(C)(C)C. The Hall–Kier alpha value is -3.91. The molecular weight excluding hydrogens is 613 g/mol. The highest BCUT2D eigenvalue weighted by molar-refractivity contribution is 6.76. The number of hydrogen-bond acceptors (Lipinski definition) is 10. The number of carbonyl (C=O) groups excluding carboxylic acids is 1. The zero-order chi connectivity index (χ0) is 33.3. The normalized spacial score (nSPS) is 20.1. The van der Waals surface area contributed by atoms with Crippen molar-refractivity contribution in [2.24, 2.45) is 0 Å². The Labute approximate surface area is 277 Å². The lowest BCUT2D eigenvalue weighted by atomic mass is 9.81. The molecule has 0 spiro atoms. The first-order valence-corrected chi connectivity index (χ1v) is 20.4. The minimum atomic E-state index is -1.20. The van der Waals surface area contributed by atoms with E-state index in [1.54, 1.807) is 11.0 Å². The van der Waals surface area contributed by atoms with Crippen LogP contribution in [0.4, 0.5) is 10.7 Å². The molecule has 1 amide bonds. The fourth-order valence-electron chi connectivity index (χ4n) is 6.71. The van der Waals surface area contributed by atoms with Crippen LogP contribution >= 0.6 is 0 Å². The Balaban J connectivity index is 1.16. The largest absolute Gasteiger partial charge is 0.444 e. The summed E-state index contributed by atoms with van der Waals surface area (Å²) in [6.45, 7) is 13.9. The summed E-state index contributed by atoms with van der Waals surface area (Å²) in [6.07, 6.45) is 12.1. The minimum Gasteiger partial charge on any atom is -0.444 e. The number of anilines is 1. The molecule has 1 unspecified atom stereocenters. The van der Waals surface area contributed by atoms with Crippen LogP contribution in [0.3, 0.4) is 0 Å². The lowest BCUT2D eigenvalue weighted by Crippen LogP contribution is -2.59. The second-order valence-electron chi connectivity index (χ2n) is 15.1. The molecule has 3 atom stereocenters. The van der Waals surface area contributed by atoms with Crippen LogP contribution in [0.2, 0.25) is 25.7 Å². The van der Waals surface area contributed by atoms with Gasteiger partial charge in [-0.15, -0.1) is 10.2 Å². The number of fused-ring (bicyclic) bond motifs is 3. The zero-order valence-corrected chi connectivity index (χ0v) is 29.8. The maximum Gasteiger partial charge on any atom is 0.410 e. The van der Waals surface area contributed by atoms with E-state index in [1.807, 2.05) is 55.9 Å². The summed E-state index contributed by atoms with van der Waals surface area (Å²) in [6, 6.07) is 5.75. The molecule has 2 aliphatic heterocycles. The maximum atomic E-state index is 13.1. The van der Waals surface area contributed by atoms with E-state index in [1.165, 1.54) is 6.33 Å². The van der Waals surface area contributed by atoms with Crippen LogP contribution in [0, 0.1) is 0 Å². The summed E-state index contributed by atoms with van der Waals surface area (Å²) < 4.78 is 15.5. The summed E-state index contributed by atoms with van der Waals surface area (Å²) in [5.41, 5.74) is 3.15. The highest BCUT2D eigenvalue weighted by Gasteiger charge is 2.44. The van der Waals surface area contributed by atoms with E-state index in [0.717, 1.165) is 66.0 Å². The Morgan fingerprint density at radius 1 is 1.06 bits per heavy atom. The van der Waals surface area contributed by atoms with Crippen LogP contribution in [-0.2, 0) is 22.6 Å². The number of nitrogens with zero attached hydrogens (tertiary/aromatic N) is 10. The Kier molecular flexibility index (Phi) is 9.34. The van der Waals surface area contributed by atoms with Crippen molar-refractivity contribution in [3.05, 3.63) is 48.4 Å². The molecule has 0 saturated carbocycles. The molecule has 6 rings (SSSR count). The van der Waals surface area contributed by atoms with E-state index in [9.17, 15) is 4.79 Å². The predicted molar refractivity (Wildman–Crippen MR) is 182 cm³/mol. The second-order valence-corrected chi connectivity index (χ2v) is 20.7. The summed E-state index contributed by atoms with van der Waals surface area (Å²) in [5, 5.41) is 19.2. The molecule has 1 aromatic carbocycles. The number of amides is 1. The van der Waals surface area contributed by atoms with Gasteiger partial charge in [-0.2, -0.15) is 10.2 Å². The summed E-state index contributed by atoms with van der Waals surface area (Å²) in [5.74, 6) is 0.595. The summed E-state index contributed by atoms with van der Waals surface area (Å²) >= 11 is 0. The maximum absolute atomic E-state index is 13.1. The van der Waals surface area contributed by atoms with Crippen molar-refractivity contribution in [1.29, 1.82) is 0 Å². The molecule has 2 saturated heterocycles. The predicted octanol–water partition coefficient (Wildman–Crippen LogP) is 5.46. The van der Waals surface area contributed by atoms with E-state index < -0.39 is 13.7 Å². The Morgan fingerprint density at radius 3 is 2.47 bits per heavy atom. The molecular formula is C33H48N10O3Si. The smallest absolute Gasteiger partial charge is 0.410 e. The van der Waals surface area contributed by atoms with Gasteiger partial charge in [-0.1, -0.05) is 25.7 Å². The van der Waals surface area contributed by atoms with Crippen LogP contribution in [-0.4, -0.2) is 96.2 Å². The van der Waals surface area contributed by atoms with Crippen molar-refractivity contribution in [2.75, 3.05) is 18.6 Å². The number of benzene rings is 1. The van der Waals surface area contributed by atoms with Gasteiger partial charge in [-0.25, -0.2) is 24.1 Å². The van der Waals surface area contributed by atoms with E-state index >= 15 is 0 Å². The van der Waals surface area contributed by atoms with Crippen molar-refractivity contribution in [3.8, 4) is 5.69 Å². The number of aromatic nitrogens is 8. The topological polar surface area (TPSA) is 129 Å². The van der Waals surface area contributed by atoms with Crippen LogP contribution < -0.4 is 4.90 Å². The van der Waals surface area contributed by atoms with Crippen molar-refractivity contribution >= 4 is 31.0 Å². The molecule has 252 valence electrons. The molecule has 2 aliphatic rings. The minimum absolute atomic E-state index is 0.159. The van der Waals surface area contributed by atoms with Crippen LogP contribution in [0.5, 0.6) is 0 Å². The van der Waals surface area contributed by atoms with Crippen LogP contribution in [0.25, 0.3) is 16.6 Å². The van der Waals surface area contributed by atoms with Crippen molar-refractivity contribution in [3.63, 3.8) is 0 Å². The number of hydrogen-bond donors (Lipinski definition) is 0. The molecule has 0 N–H and O–H groups in total. The number of rotatable bonds is 10. The van der Waals surface area contributed by atoms with Crippen molar-refractivity contribution in [2.45, 2.75) is 115 Å². The van der Waals surface area contributed by atoms with E-state index in [4.69, 9.17) is 19.6 Å². The lowest BCUT2D eigenvalue weighted by molar-refractivity contribution is -0.0214. The number of piperidine rings is 2. The Bertz CT molecular complexity index is 1650. The van der Waals surface area contributed by atoms with Gasteiger partial charge in [-0.3, -0.25) is 0 Å². The molecule has 5 heterocycles. The second kappa shape index (κ2) is 13.3. The van der Waals surface area contributed by atoms with Gasteiger partial charge in [0.15, 0.2) is 0 Å². The van der Waals surface area contributed by atoms with Crippen molar-refractivity contribution < 1.29 is 14.3 Å². The highest BCUT2D eigenvalue weighted by Crippen LogP contribution is 2.37. The monoisotopic (exact) mass is 660 g/mol. The van der Waals surface area contributed by atoms with Gasteiger partial charge in [0.1, 0.15) is 25.0 Å². The third kappa shape index (κ3) is 7.64. The summed E-state index contributed by atoms with van der Waals surface area (Å²) in [4.78, 5) is 26.1. The van der Waals surface area contributed by atoms with Gasteiger partial charge < -0.3 is 19.3 Å². The average Bonchev–Trinajstić information content (AvgIpc) is 3.69. The van der Waals surface area contributed by atoms with Crippen LogP contribution in [0.15, 0.2) is 37.2 Å². The third-order valence-corrected chi connectivity index (χ3v) is 10.8. The van der Waals surface area contributed by atoms with Crippen LogP contribution in [0.1, 0.15) is 64.1 Å². The highest BCUT2D eigenvalue weighted by atomic mass is 28.3. The molecule has 13 nitrogen and oxygen atoms in total. The quantitative estimate of drug-likeness (QED) is 0.160. The van der Waals surface area contributed by atoms with E-state index in [2.05, 4.69) is 50.9 Å². The average molecular weight is 661 g/mol. The first-order valence-electron chi connectivity index (χ1n) is 16.7. The first kappa shape index (κ1) is 33.0. The number of ether oxygens (including phenoxy) is 2. The molecule has 14 heteroatoms. The van der Waals surface area contributed by atoms with Gasteiger partial charge in [0.25, 0.3) is 0 Å². The molecule has 47 heavy (non-hydrogen) atoms. The fourth-order valence-corrected chi connectivity index (χ4v) is 7.47. The lowest BCUT2D eigenvalue weighted by Gasteiger charge is -2.50. The summed E-state index contributed by atoms with van der Waals surface area (Å²) in [7, 11) is 0.836. The molecule has 2 fully saturated rings. The molecule has 0 aliphatic carbocycles. The fraction of sp³-hybridized carbons (Fsp3) is 0.606. The van der Waals surface area contributed by atoms with Gasteiger partial charge >= 0.3 is 6.09 Å². The van der Waals surface area contributed by atoms with Gasteiger partial charge in [0, 0.05) is 51.7 Å². The molecule has 4 aromatic rings. The first-order chi connectivity index (χ1) is 22.4. The van der Waals surface area contributed by atoms with Crippen molar-refractivity contribution in [1.82, 2.24) is 44.6 Å². The Morgan fingerprint density at radius 2 is 1.83 bits per heavy atom. The standard InChI is InChI=1S/C33H48N10O3Si/c1-33(2,3)46-32(44)43-25-9-8-10-26(43)17-27(16-25)40(4)31-35-18-24(38-39-31)15-23-11-12-29(41-21-34-20-37-41)30-28(23)19-36-42(30)22-45-13-14-47(5,6)7/h11-12,18-21,25-27H,8-10,13-17,22H2,1-7H3/t25-,26+,27?. The molecule has 3 aromatic heterocycles. The van der Waals surface area contributed by atoms with E-state index in [-0.39, 0.29) is 24.2 Å². The number of carbonyl (C=O) groups is 1. The van der Waals surface area contributed by atoms with Gasteiger partial charge in [0.2, 0.25) is 5.95 Å². The molecule has 2 bridgehead atoms. The molecule has 0 radical (unpaired) electrons. The van der Waals surface area contributed by atoms with E-state index in [0.29, 0.717) is 25.7 Å². The van der Waals surface area contributed by atoms with Gasteiger partial charge in [-0.05, 0) is 70.5 Å². The zero-order valence-electron chi connectivity index (χ0n) is 28.8. The van der Waals surface area contributed by atoms with Gasteiger partial charge in [0.05, 0.1) is 29.3 Å².